The average Bonchev–Trinajstić information content (AvgIpc) is 3.06. The van der Waals surface area contributed by atoms with Gasteiger partial charge in [0.05, 0.1) is 10.8 Å². The Kier molecular flexibility index (Phi) is 6.81. The predicted molar refractivity (Wildman–Crippen MR) is 120 cm³/mol. The second kappa shape index (κ2) is 9.20. The summed E-state index contributed by atoms with van der Waals surface area (Å²) in [7, 11) is -3.71. The van der Waals surface area contributed by atoms with Gasteiger partial charge in [-0.25, -0.2) is 13.1 Å². The molecule has 0 bridgehead atoms. The zero-order valence-corrected chi connectivity index (χ0v) is 18.9. The van der Waals surface area contributed by atoms with Gasteiger partial charge in [0.2, 0.25) is 21.8 Å². The Morgan fingerprint density at radius 2 is 1.81 bits per heavy atom. The third-order valence-corrected chi connectivity index (χ3v) is 6.71. The summed E-state index contributed by atoms with van der Waals surface area (Å²) in [6, 6.07) is 16.0. The fourth-order valence-corrected chi connectivity index (χ4v) is 4.98. The molecule has 1 saturated heterocycles. The SMILES string of the molecule is CC(C)(C)NS(=O)(=O)c1cccc(NC(=O)[C@H]2CC(=O)N(CCc3ccccc3)C2)c1. The number of amides is 2. The Balaban J connectivity index is 1.61. The van der Waals surface area contributed by atoms with Gasteiger partial charge in [-0.1, -0.05) is 36.4 Å². The number of rotatable bonds is 7. The van der Waals surface area contributed by atoms with Crippen LogP contribution >= 0.6 is 0 Å². The van der Waals surface area contributed by atoms with E-state index in [4.69, 9.17) is 0 Å². The van der Waals surface area contributed by atoms with E-state index in [0.29, 0.717) is 18.8 Å². The monoisotopic (exact) mass is 443 g/mol. The molecule has 1 fully saturated rings. The van der Waals surface area contributed by atoms with E-state index in [1.807, 2.05) is 30.3 Å². The summed E-state index contributed by atoms with van der Waals surface area (Å²) < 4.78 is 27.7. The van der Waals surface area contributed by atoms with Crippen molar-refractivity contribution >= 4 is 27.5 Å². The van der Waals surface area contributed by atoms with Crippen molar-refractivity contribution in [1.82, 2.24) is 9.62 Å². The minimum absolute atomic E-state index is 0.0400. The number of sulfonamides is 1. The number of anilines is 1. The topological polar surface area (TPSA) is 95.6 Å². The van der Waals surface area contributed by atoms with Crippen molar-refractivity contribution in [2.24, 2.45) is 5.92 Å². The molecular weight excluding hydrogens is 414 g/mol. The lowest BCUT2D eigenvalue weighted by molar-refractivity contribution is -0.128. The molecule has 1 aliphatic rings. The Morgan fingerprint density at radius 1 is 1.10 bits per heavy atom. The van der Waals surface area contributed by atoms with Crippen molar-refractivity contribution in [1.29, 1.82) is 0 Å². The predicted octanol–water partition coefficient (Wildman–Crippen LogP) is 2.79. The van der Waals surface area contributed by atoms with E-state index < -0.39 is 21.5 Å². The highest BCUT2D eigenvalue weighted by molar-refractivity contribution is 7.89. The van der Waals surface area contributed by atoms with Crippen LogP contribution in [0.3, 0.4) is 0 Å². The van der Waals surface area contributed by atoms with Crippen molar-refractivity contribution < 1.29 is 18.0 Å². The summed E-state index contributed by atoms with van der Waals surface area (Å²) in [5.41, 5.74) is 0.910. The zero-order chi connectivity index (χ0) is 22.6. The Morgan fingerprint density at radius 3 is 2.48 bits per heavy atom. The van der Waals surface area contributed by atoms with Gasteiger partial charge < -0.3 is 10.2 Å². The summed E-state index contributed by atoms with van der Waals surface area (Å²) in [4.78, 5) is 26.8. The molecule has 1 atom stereocenters. The van der Waals surface area contributed by atoms with Crippen LogP contribution in [-0.2, 0) is 26.0 Å². The van der Waals surface area contributed by atoms with E-state index in [-0.39, 0.29) is 23.1 Å². The van der Waals surface area contributed by atoms with Gasteiger partial charge in [0.25, 0.3) is 0 Å². The van der Waals surface area contributed by atoms with Crippen LogP contribution in [-0.4, -0.2) is 43.8 Å². The molecule has 3 rings (SSSR count). The molecule has 0 aromatic heterocycles. The lowest BCUT2D eigenvalue weighted by Crippen LogP contribution is -2.40. The number of likely N-dealkylation sites (tertiary alicyclic amines) is 1. The van der Waals surface area contributed by atoms with E-state index >= 15 is 0 Å². The lowest BCUT2D eigenvalue weighted by atomic mass is 10.1. The molecular formula is C23H29N3O4S. The van der Waals surface area contributed by atoms with Crippen molar-refractivity contribution in [3.63, 3.8) is 0 Å². The fourth-order valence-electron chi connectivity index (χ4n) is 3.52. The number of hydrogen-bond donors (Lipinski definition) is 2. The lowest BCUT2D eigenvalue weighted by Gasteiger charge is -2.20. The van der Waals surface area contributed by atoms with Gasteiger partial charge >= 0.3 is 0 Å². The van der Waals surface area contributed by atoms with Gasteiger partial charge in [-0.05, 0) is 51.0 Å². The van der Waals surface area contributed by atoms with E-state index in [0.717, 1.165) is 12.0 Å². The first-order valence-electron chi connectivity index (χ1n) is 10.3. The molecule has 0 saturated carbocycles. The van der Waals surface area contributed by atoms with E-state index in [2.05, 4.69) is 10.0 Å². The normalized spacial score (nSPS) is 17.1. The third kappa shape index (κ3) is 6.38. The van der Waals surface area contributed by atoms with Gasteiger partial charge in [-0.15, -0.1) is 0 Å². The van der Waals surface area contributed by atoms with Crippen LogP contribution in [0.5, 0.6) is 0 Å². The largest absolute Gasteiger partial charge is 0.342 e. The highest BCUT2D eigenvalue weighted by Crippen LogP contribution is 2.22. The van der Waals surface area contributed by atoms with Crippen LogP contribution in [0.25, 0.3) is 0 Å². The number of hydrogen-bond acceptors (Lipinski definition) is 4. The van der Waals surface area contributed by atoms with Crippen LogP contribution < -0.4 is 10.0 Å². The standard InChI is InChI=1S/C23H29N3O4S/c1-23(2,3)25-31(29,30)20-11-7-10-19(15-20)24-22(28)18-14-21(27)26(16-18)13-12-17-8-5-4-6-9-17/h4-11,15,18,25H,12-14,16H2,1-3H3,(H,24,28)/t18-/m0/s1. The van der Waals surface area contributed by atoms with E-state index in [1.165, 1.54) is 12.1 Å². The van der Waals surface area contributed by atoms with E-state index in [1.54, 1.807) is 37.8 Å². The first kappa shape index (κ1) is 23.0. The zero-order valence-electron chi connectivity index (χ0n) is 18.1. The highest BCUT2D eigenvalue weighted by Gasteiger charge is 2.34. The summed E-state index contributed by atoms with van der Waals surface area (Å²) >= 11 is 0. The Labute approximate surface area is 183 Å². The van der Waals surface area contributed by atoms with Gasteiger partial charge in [0.15, 0.2) is 0 Å². The van der Waals surface area contributed by atoms with Gasteiger partial charge in [0.1, 0.15) is 0 Å². The second-order valence-electron chi connectivity index (χ2n) is 8.85. The third-order valence-electron chi connectivity index (χ3n) is 4.95. The van der Waals surface area contributed by atoms with Crippen LogP contribution in [0.15, 0.2) is 59.5 Å². The van der Waals surface area contributed by atoms with Crippen molar-refractivity contribution in [2.45, 2.75) is 44.0 Å². The molecule has 8 heteroatoms. The number of nitrogens with zero attached hydrogens (tertiary/aromatic N) is 1. The maximum Gasteiger partial charge on any atom is 0.241 e. The van der Waals surface area contributed by atoms with Crippen molar-refractivity contribution in [3.05, 3.63) is 60.2 Å². The molecule has 1 aliphatic heterocycles. The fraction of sp³-hybridized carbons (Fsp3) is 0.391. The Hall–Kier alpha value is -2.71. The van der Waals surface area contributed by atoms with Crippen LogP contribution in [0.4, 0.5) is 5.69 Å². The van der Waals surface area contributed by atoms with E-state index in [9.17, 15) is 18.0 Å². The van der Waals surface area contributed by atoms with Crippen LogP contribution in [0.2, 0.25) is 0 Å². The van der Waals surface area contributed by atoms with Crippen molar-refractivity contribution in [2.75, 3.05) is 18.4 Å². The minimum Gasteiger partial charge on any atom is -0.342 e. The molecule has 166 valence electrons. The maximum atomic E-state index is 12.7. The van der Waals surface area contributed by atoms with Gasteiger partial charge in [0, 0.05) is 30.7 Å². The second-order valence-corrected chi connectivity index (χ2v) is 10.5. The Bertz CT molecular complexity index is 1050. The molecule has 0 spiro atoms. The van der Waals surface area contributed by atoms with Crippen LogP contribution in [0, 0.1) is 5.92 Å². The molecule has 0 aliphatic carbocycles. The quantitative estimate of drug-likeness (QED) is 0.688. The molecule has 7 nitrogen and oxygen atoms in total. The molecule has 2 N–H and O–H groups in total. The smallest absolute Gasteiger partial charge is 0.241 e. The molecule has 0 radical (unpaired) electrons. The molecule has 2 amide bonds. The summed E-state index contributed by atoms with van der Waals surface area (Å²) in [6.45, 7) is 6.21. The molecule has 0 unspecified atom stereocenters. The number of nitrogens with one attached hydrogen (secondary N) is 2. The van der Waals surface area contributed by atoms with Gasteiger partial charge in [-0.2, -0.15) is 0 Å². The first-order valence-corrected chi connectivity index (χ1v) is 11.8. The molecule has 1 heterocycles. The van der Waals surface area contributed by atoms with Crippen LogP contribution in [0.1, 0.15) is 32.8 Å². The number of benzene rings is 2. The summed E-state index contributed by atoms with van der Waals surface area (Å²) in [5.74, 6) is -0.785. The summed E-state index contributed by atoms with van der Waals surface area (Å²) in [5, 5.41) is 2.76. The first-order chi connectivity index (χ1) is 14.5. The molecule has 2 aromatic carbocycles. The number of carbonyl (C=O) groups excluding carboxylic acids is 2. The van der Waals surface area contributed by atoms with Crippen molar-refractivity contribution in [3.8, 4) is 0 Å². The van der Waals surface area contributed by atoms with Gasteiger partial charge in [-0.3, -0.25) is 9.59 Å². The molecule has 31 heavy (non-hydrogen) atoms. The minimum atomic E-state index is -3.71. The molecule has 2 aromatic rings. The highest BCUT2D eigenvalue weighted by atomic mass is 32.2. The maximum absolute atomic E-state index is 12.7. The summed E-state index contributed by atoms with van der Waals surface area (Å²) in [6.07, 6.45) is 0.895. The number of carbonyl (C=O) groups is 2. The average molecular weight is 444 g/mol.